The number of hydrogen-bond donors (Lipinski definition) is 3. The van der Waals surface area contributed by atoms with Gasteiger partial charge in [0.25, 0.3) is 0 Å². The maximum atomic E-state index is 11.9. The second-order valence-corrected chi connectivity index (χ2v) is 4.47. The van der Waals surface area contributed by atoms with Crippen LogP contribution in [0.3, 0.4) is 0 Å². The number of ether oxygens (including phenoxy) is 1. The van der Waals surface area contributed by atoms with Crippen molar-refractivity contribution in [1.29, 1.82) is 0 Å². The Bertz CT molecular complexity index is 672. The fourth-order valence-electron chi connectivity index (χ4n) is 1.83. The Kier molecular flexibility index (Phi) is 4.98. The van der Waals surface area contributed by atoms with Crippen molar-refractivity contribution < 1.29 is 14.3 Å². The standard InChI is InChI=1S/C16H17N3O3/c1-2-22-15(20)13-10-12(8-9-14(13)17)19-16(21)18-11-6-4-3-5-7-11/h3-10H,2,17H2,1H3,(H2,18,19,21). The van der Waals surface area contributed by atoms with E-state index in [0.29, 0.717) is 17.1 Å². The smallest absolute Gasteiger partial charge is 0.340 e. The highest BCUT2D eigenvalue weighted by Crippen LogP contribution is 2.19. The third kappa shape index (κ3) is 3.99. The number of amides is 2. The SMILES string of the molecule is CCOC(=O)c1cc(NC(=O)Nc2ccccc2)ccc1N. The molecule has 0 unspecified atom stereocenters. The molecule has 22 heavy (non-hydrogen) atoms. The number of carbonyl (C=O) groups is 2. The van der Waals surface area contributed by atoms with Crippen molar-refractivity contribution in [2.75, 3.05) is 23.0 Å². The first-order valence-electron chi connectivity index (χ1n) is 6.80. The average Bonchev–Trinajstić information content (AvgIpc) is 2.50. The monoisotopic (exact) mass is 299 g/mol. The largest absolute Gasteiger partial charge is 0.462 e. The highest BCUT2D eigenvalue weighted by molar-refractivity contribution is 6.02. The van der Waals surface area contributed by atoms with Crippen molar-refractivity contribution >= 4 is 29.1 Å². The first-order valence-corrected chi connectivity index (χ1v) is 6.80. The zero-order valence-electron chi connectivity index (χ0n) is 12.1. The van der Waals surface area contributed by atoms with Crippen LogP contribution in [0.5, 0.6) is 0 Å². The van der Waals surface area contributed by atoms with E-state index < -0.39 is 12.0 Å². The number of carbonyl (C=O) groups excluding carboxylic acids is 2. The summed E-state index contributed by atoms with van der Waals surface area (Å²) in [6.07, 6.45) is 0. The number of nitrogens with two attached hydrogens (primary N) is 1. The maximum absolute atomic E-state index is 11.9. The second-order valence-electron chi connectivity index (χ2n) is 4.47. The van der Waals surface area contributed by atoms with Crippen LogP contribution in [0.25, 0.3) is 0 Å². The minimum absolute atomic E-state index is 0.222. The van der Waals surface area contributed by atoms with Crippen LogP contribution in [0.15, 0.2) is 48.5 Å². The number of urea groups is 1. The van der Waals surface area contributed by atoms with Crippen molar-refractivity contribution in [1.82, 2.24) is 0 Å². The summed E-state index contributed by atoms with van der Waals surface area (Å²) in [6.45, 7) is 1.97. The Labute approximate surface area is 128 Å². The molecule has 0 aromatic heterocycles. The van der Waals surface area contributed by atoms with Crippen LogP contribution in [-0.2, 0) is 4.74 Å². The van der Waals surface area contributed by atoms with E-state index in [0.717, 1.165) is 0 Å². The Hall–Kier alpha value is -3.02. The van der Waals surface area contributed by atoms with Gasteiger partial charge in [-0.05, 0) is 37.3 Å². The molecule has 2 amide bonds. The summed E-state index contributed by atoms with van der Waals surface area (Å²) in [5.41, 5.74) is 7.38. The van der Waals surface area contributed by atoms with Crippen LogP contribution in [0.2, 0.25) is 0 Å². The Balaban J connectivity index is 2.08. The second kappa shape index (κ2) is 7.12. The summed E-state index contributed by atoms with van der Waals surface area (Å²) >= 11 is 0. The zero-order valence-corrected chi connectivity index (χ0v) is 12.1. The number of nitrogen functional groups attached to an aromatic ring is 1. The molecule has 0 aliphatic heterocycles. The van der Waals surface area contributed by atoms with E-state index in [1.807, 2.05) is 18.2 Å². The van der Waals surface area contributed by atoms with E-state index in [-0.39, 0.29) is 12.2 Å². The zero-order chi connectivity index (χ0) is 15.9. The summed E-state index contributed by atoms with van der Waals surface area (Å²) in [5, 5.41) is 5.32. The third-order valence-corrected chi connectivity index (χ3v) is 2.84. The first kappa shape index (κ1) is 15.4. The van der Waals surface area contributed by atoms with E-state index in [1.165, 1.54) is 6.07 Å². The van der Waals surface area contributed by atoms with Gasteiger partial charge in [0.1, 0.15) is 0 Å². The molecule has 0 saturated heterocycles. The van der Waals surface area contributed by atoms with Crippen LogP contribution in [0.4, 0.5) is 21.9 Å². The van der Waals surface area contributed by atoms with Gasteiger partial charge in [-0.25, -0.2) is 9.59 Å². The fourth-order valence-corrected chi connectivity index (χ4v) is 1.83. The van der Waals surface area contributed by atoms with E-state index in [9.17, 15) is 9.59 Å². The number of anilines is 3. The van der Waals surface area contributed by atoms with E-state index in [2.05, 4.69) is 10.6 Å². The molecule has 0 saturated carbocycles. The van der Waals surface area contributed by atoms with Gasteiger partial charge >= 0.3 is 12.0 Å². The molecule has 0 radical (unpaired) electrons. The quantitative estimate of drug-likeness (QED) is 0.597. The predicted octanol–water partition coefficient (Wildman–Crippen LogP) is 3.09. The Morgan fingerprint density at radius 1 is 1.05 bits per heavy atom. The Morgan fingerprint density at radius 2 is 1.73 bits per heavy atom. The van der Waals surface area contributed by atoms with Gasteiger partial charge in [0.05, 0.1) is 12.2 Å². The topological polar surface area (TPSA) is 93.4 Å². The molecule has 2 aromatic carbocycles. The Morgan fingerprint density at radius 3 is 2.41 bits per heavy atom. The number of hydrogen-bond acceptors (Lipinski definition) is 4. The van der Waals surface area contributed by atoms with Crippen LogP contribution in [0.1, 0.15) is 17.3 Å². The van der Waals surface area contributed by atoms with E-state index in [1.54, 1.807) is 31.2 Å². The summed E-state index contributed by atoms with van der Waals surface area (Å²) in [5.74, 6) is -0.521. The fraction of sp³-hybridized carbons (Fsp3) is 0.125. The van der Waals surface area contributed by atoms with Crippen LogP contribution in [0, 0.1) is 0 Å². The summed E-state index contributed by atoms with van der Waals surface area (Å²) in [7, 11) is 0. The lowest BCUT2D eigenvalue weighted by Gasteiger charge is -2.10. The van der Waals surface area contributed by atoms with Crippen molar-refractivity contribution in [3.8, 4) is 0 Å². The molecule has 2 aromatic rings. The van der Waals surface area contributed by atoms with Gasteiger partial charge in [-0.2, -0.15) is 0 Å². The van der Waals surface area contributed by atoms with Crippen molar-refractivity contribution in [2.45, 2.75) is 6.92 Å². The van der Waals surface area contributed by atoms with Crippen molar-refractivity contribution in [2.24, 2.45) is 0 Å². The molecule has 0 spiro atoms. The van der Waals surface area contributed by atoms with Crippen molar-refractivity contribution in [3.05, 3.63) is 54.1 Å². The van der Waals surface area contributed by atoms with E-state index in [4.69, 9.17) is 10.5 Å². The van der Waals surface area contributed by atoms with Crippen molar-refractivity contribution in [3.63, 3.8) is 0 Å². The lowest BCUT2D eigenvalue weighted by Crippen LogP contribution is -2.19. The van der Waals surface area contributed by atoms with E-state index >= 15 is 0 Å². The average molecular weight is 299 g/mol. The molecular weight excluding hydrogens is 282 g/mol. The number of para-hydroxylation sites is 1. The molecule has 114 valence electrons. The number of esters is 1. The van der Waals surface area contributed by atoms with Gasteiger partial charge in [-0.3, -0.25) is 0 Å². The predicted molar refractivity (Wildman–Crippen MR) is 85.9 cm³/mol. The number of benzene rings is 2. The van der Waals surface area contributed by atoms with Gasteiger partial charge in [0.15, 0.2) is 0 Å². The molecular formula is C16H17N3O3. The summed E-state index contributed by atoms with van der Waals surface area (Å²) < 4.78 is 4.92. The molecule has 0 aliphatic carbocycles. The molecule has 0 fully saturated rings. The lowest BCUT2D eigenvalue weighted by atomic mass is 10.1. The molecule has 4 N–H and O–H groups in total. The lowest BCUT2D eigenvalue weighted by molar-refractivity contribution is 0.0527. The summed E-state index contributed by atoms with van der Waals surface area (Å²) in [4.78, 5) is 23.7. The number of rotatable bonds is 4. The minimum Gasteiger partial charge on any atom is -0.462 e. The number of nitrogens with one attached hydrogen (secondary N) is 2. The molecule has 0 atom stereocenters. The van der Waals surface area contributed by atoms with Gasteiger partial charge in [-0.1, -0.05) is 18.2 Å². The van der Waals surface area contributed by atoms with Crippen LogP contribution >= 0.6 is 0 Å². The highest BCUT2D eigenvalue weighted by Gasteiger charge is 2.12. The highest BCUT2D eigenvalue weighted by atomic mass is 16.5. The molecule has 0 aliphatic rings. The summed E-state index contributed by atoms with van der Waals surface area (Å²) in [6, 6.07) is 13.3. The molecule has 0 heterocycles. The minimum atomic E-state index is -0.521. The van der Waals surface area contributed by atoms with Gasteiger partial charge < -0.3 is 21.1 Å². The molecule has 2 rings (SSSR count). The van der Waals surface area contributed by atoms with Gasteiger partial charge in [0, 0.05) is 17.1 Å². The van der Waals surface area contributed by atoms with Crippen LogP contribution < -0.4 is 16.4 Å². The normalized spacial score (nSPS) is 9.86. The van der Waals surface area contributed by atoms with Crippen LogP contribution in [-0.4, -0.2) is 18.6 Å². The third-order valence-electron chi connectivity index (χ3n) is 2.84. The molecule has 6 nitrogen and oxygen atoms in total. The van der Waals surface area contributed by atoms with Gasteiger partial charge in [-0.15, -0.1) is 0 Å². The molecule has 6 heteroatoms. The maximum Gasteiger partial charge on any atom is 0.340 e. The van der Waals surface area contributed by atoms with Gasteiger partial charge in [0.2, 0.25) is 0 Å². The molecule has 0 bridgehead atoms. The first-order chi connectivity index (χ1) is 10.6.